The molecule has 0 aromatic carbocycles. The van der Waals surface area contributed by atoms with Crippen molar-refractivity contribution >= 4 is 5.82 Å². The first-order valence-corrected chi connectivity index (χ1v) is 5.73. The van der Waals surface area contributed by atoms with Gasteiger partial charge < -0.3 is 15.0 Å². The molecule has 16 heavy (non-hydrogen) atoms. The van der Waals surface area contributed by atoms with Crippen LogP contribution >= 0.6 is 0 Å². The highest BCUT2D eigenvalue weighted by atomic mass is 16.5. The molecule has 1 saturated heterocycles. The van der Waals surface area contributed by atoms with Crippen molar-refractivity contribution in [1.82, 2.24) is 10.3 Å². The van der Waals surface area contributed by atoms with E-state index in [0.29, 0.717) is 6.04 Å². The van der Waals surface area contributed by atoms with Crippen molar-refractivity contribution in [3.05, 3.63) is 23.9 Å². The van der Waals surface area contributed by atoms with E-state index >= 15 is 0 Å². The summed E-state index contributed by atoms with van der Waals surface area (Å²) in [5, 5.41) is 3.20. The van der Waals surface area contributed by atoms with Crippen LogP contribution in [0.4, 0.5) is 5.82 Å². The third-order valence-electron chi connectivity index (χ3n) is 2.86. The Balaban J connectivity index is 2.13. The molecule has 2 rings (SSSR count). The van der Waals surface area contributed by atoms with Gasteiger partial charge in [0.25, 0.3) is 0 Å². The lowest BCUT2D eigenvalue weighted by Gasteiger charge is -2.36. The van der Waals surface area contributed by atoms with Crippen LogP contribution in [0.25, 0.3) is 0 Å². The van der Waals surface area contributed by atoms with E-state index in [-0.39, 0.29) is 0 Å². The molecule has 0 saturated carbocycles. The summed E-state index contributed by atoms with van der Waals surface area (Å²) in [5.41, 5.74) is 1.20. The van der Waals surface area contributed by atoms with Crippen molar-refractivity contribution in [2.24, 2.45) is 0 Å². The summed E-state index contributed by atoms with van der Waals surface area (Å²) in [6, 6.07) is 4.58. The number of aromatic nitrogens is 1. The van der Waals surface area contributed by atoms with E-state index in [9.17, 15) is 0 Å². The van der Waals surface area contributed by atoms with Crippen LogP contribution in [0.2, 0.25) is 0 Å². The largest absolute Gasteiger partial charge is 0.377 e. The van der Waals surface area contributed by atoms with Gasteiger partial charge in [0.1, 0.15) is 5.82 Å². The molecule has 1 unspecified atom stereocenters. The van der Waals surface area contributed by atoms with Crippen LogP contribution in [0.5, 0.6) is 0 Å². The van der Waals surface area contributed by atoms with E-state index in [1.165, 1.54) is 5.56 Å². The number of hydrogen-bond acceptors (Lipinski definition) is 4. The van der Waals surface area contributed by atoms with Crippen LogP contribution in [0.15, 0.2) is 18.3 Å². The van der Waals surface area contributed by atoms with Gasteiger partial charge in [-0.3, -0.25) is 0 Å². The zero-order chi connectivity index (χ0) is 11.4. The lowest BCUT2D eigenvalue weighted by atomic mass is 10.2. The fourth-order valence-corrected chi connectivity index (χ4v) is 1.99. The fraction of sp³-hybridized carbons (Fsp3) is 0.583. The molecular weight excluding hydrogens is 202 g/mol. The van der Waals surface area contributed by atoms with E-state index in [2.05, 4.69) is 34.3 Å². The molecule has 0 radical (unpaired) electrons. The van der Waals surface area contributed by atoms with Crippen LogP contribution in [0.3, 0.4) is 0 Å². The van der Waals surface area contributed by atoms with Crippen molar-refractivity contribution in [3.8, 4) is 0 Å². The molecule has 1 atom stereocenters. The standard InChI is InChI=1S/C12H19N3O/c1-10-3-4-12(14-7-10)15-5-6-16-9-11(15)8-13-2/h3-4,7,11,13H,5-6,8-9H2,1-2H3. The molecule has 1 aliphatic rings. The van der Waals surface area contributed by atoms with Crippen LogP contribution in [-0.2, 0) is 4.74 Å². The number of nitrogens with one attached hydrogen (secondary N) is 1. The number of ether oxygens (including phenoxy) is 1. The van der Waals surface area contributed by atoms with E-state index in [4.69, 9.17) is 4.74 Å². The highest BCUT2D eigenvalue weighted by Gasteiger charge is 2.23. The van der Waals surface area contributed by atoms with Gasteiger partial charge in [-0.1, -0.05) is 6.07 Å². The summed E-state index contributed by atoms with van der Waals surface area (Å²) in [5.74, 6) is 1.05. The van der Waals surface area contributed by atoms with E-state index in [1.807, 2.05) is 13.2 Å². The van der Waals surface area contributed by atoms with Gasteiger partial charge in [-0.15, -0.1) is 0 Å². The summed E-state index contributed by atoms with van der Waals surface area (Å²) in [6.45, 7) is 5.46. The van der Waals surface area contributed by atoms with Crippen molar-refractivity contribution in [1.29, 1.82) is 0 Å². The van der Waals surface area contributed by atoms with Crippen LogP contribution in [0, 0.1) is 6.92 Å². The molecule has 1 aromatic heterocycles. The molecule has 0 spiro atoms. The Labute approximate surface area is 96.6 Å². The number of likely N-dealkylation sites (N-methyl/N-ethyl adjacent to an activating group) is 1. The molecule has 88 valence electrons. The summed E-state index contributed by atoms with van der Waals surface area (Å²) in [6.07, 6.45) is 1.92. The molecular formula is C12H19N3O. The van der Waals surface area contributed by atoms with Crippen molar-refractivity contribution in [3.63, 3.8) is 0 Å². The van der Waals surface area contributed by atoms with Crippen LogP contribution < -0.4 is 10.2 Å². The van der Waals surface area contributed by atoms with Crippen molar-refractivity contribution in [2.75, 3.05) is 38.3 Å². The van der Waals surface area contributed by atoms with E-state index < -0.39 is 0 Å². The Kier molecular flexibility index (Phi) is 3.74. The quantitative estimate of drug-likeness (QED) is 0.820. The lowest BCUT2D eigenvalue weighted by molar-refractivity contribution is 0.0939. The number of rotatable bonds is 3. The number of anilines is 1. The number of aryl methyl sites for hydroxylation is 1. The topological polar surface area (TPSA) is 37.4 Å². The number of nitrogens with zero attached hydrogens (tertiary/aromatic N) is 2. The monoisotopic (exact) mass is 221 g/mol. The maximum atomic E-state index is 5.50. The molecule has 1 N–H and O–H groups in total. The average molecular weight is 221 g/mol. The van der Waals surface area contributed by atoms with Gasteiger partial charge in [-0.25, -0.2) is 4.98 Å². The molecule has 0 amide bonds. The normalized spacial score (nSPS) is 21.1. The number of pyridine rings is 1. The number of morpholine rings is 1. The summed E-state index contributed by atoms with van der Waals surface area (Å²) >= 11 is 0. The van der Waals surface area contributed by atoms with Crippen molar-refractivity contribution < 1.29 is 4.74 Å². The minimum absolute atomic E-state index is 0.383. The predicted molar refractivity (Wildman–Crippen MR) is 64.9 cm³/mol. The summed E-state index contributed by atoms with van der Waals surface area (Å²) in [4.78, 5) is 6.80. The molecule has 0 bridgehead atoms. The highest BCUT2D eigenvalue weighted by Crippen LogP contribution is 2.16. The van der Waals surface area contributed by atoms with E-state index in [1.54, 1.807) is 0 Å². The minimum atomic E-state index is 0.383. The minimum Gasteiger partial charge on any atom is -0.377 e. The second kappa shape index (κ2) is 5.27. The predicted octanol–water partition coefficient (Wildman–Crippen LogP) is 0.815. The first-order chi connectivity index (χ1) is 7.81. The smallest absolute Gasteiger partial charge is 0.128 e. The van der Waals surface area contributed by atoms with Gasteiger partial charge in [-0.05, 0) is 25.6 Å². The molecule has 4 heteroatoms. The van der Waals surface area contributed by atoms with E-state index in [0.717, 1.165) is 32.1 Å². The Bertz CT molecular complexity index is 324. The average Bonchev–Trinajstić information content (AvgIpc) is 2.32. The van der Waals surface area contributed by atoms with Crippen LogP contribution in [-0.4, -0.2) is 44.4 Å². The lowest BCUT2D eigenvalue weighted by Crippen LogP contribution is -2.50. The van der Waals surface area contributed by atoms with Gasteiger partial charge in [0.2, 0.25) is 0 Å². The van der Waals surface area contributed by atoms with Gasteiger partial charge in [0.15, 0.2) is 0 Å². The van der Waals surface area contributed by atoms with Crippen LogP contribution in [0.1, 0.15) is 5.56 Å². The van der Waals surface area contributed by atoms with Gasteiger partial charge in [-0.2, -0.15) is 0 Å². The zero-order valence-corrected chi connectivity index (χ0v) is 9.94. The first kappa shape index (κ1) is 11.4. The third-order valence-corrected chi connectivity index (χ3v) is 2.86. The second-order valence-electron chi connectivity index (χ2n) is 4.17. The maximum Gasteiger partial charge on any atom is 0.128 e. The van der Waals surface area contributed by atoms with Crippen molar-refractivity contribution in [2.45, 2.75) is 13.0 Å². The van der Waals surface area contributed by atoms with Gasteiger partial charge in [0.05, 0.1) is 19.3 Å². The molecule has 0 aliphatic carbocycles. The highest BCUT2D eigenvalue weighted by molar-refractivity contribution is 5.41. The first-order valence-electron chi connectivity index (χ1n) is 5.73. The Morgan fingerprint density at radius 2 is 2.44 bits per heavy atom. The zero-order valence-electron chi connectivity index (χ0n) is 9.94. The molecule has 1 aromatic rings. The fourth-order valence-electron chi connectivity index (χ4n) is 1.99. The Hall–Kier alpha value is -1.13. The molecule has 4 nitrogen and oxygen atoms in total. The maximum absolute atomic E-state index is 5.50. The molecule has 1 fully saturated rings. The Morgan fingerprint density at radius 1 is 1.56 bits per heavy atom. The third kappa shape index (κ3) is 2.51. The SMILES string of the molecule is CNCC1COCCN1c1ccc(C)cn1. The molecule has 1 aliphatic heterocycles. The van der Waals surface area contributed by atoms with Gasteiger partial charge >= 0.3 is 0 Å². The van der Waals surface area contributed by atoms with Gasteiger partial charge in [0, 0.05) is 19.3 Å². The summed E-state index contributed by atoms with van der Waals surface area (Å²) in [7, 11) is 1.97. The number of hydrogen-bond donors (Lipinski definition) is 1. The molecule has 2 heterocycles. The summed E-state index contributed by atoms with van der Waals surface area (Å²) < 4.78 is 5.50. The Morgan fingerprint density at radius 3 is 3.12 bits per heavy atom. The second-order valence-corrected chi connectivity index (χ2v) is 4.17.